The zero-order chi connectivity index (χ0) is 28.1. The van der Waals surface area contributed by atoms with Crippen LogP contribution in [0.15, 0.2) is 30.3 Å². The molecule has 3 heterocycles. The van der Waals surface area contributed by atoms with E-state index in [-0.39, 0.29) is 66.0 Å². The van der Waals surface area contributed by atoms with Gasteiger partial charge in [-0.25, -0.2) is 0 Å². The fourth-order valence-corrected chi connectivity index (χ4v) is 5.22. The van der Waals surface area contributed by atoms with Crippen molar-refractivity contribution in [2.75, 3.05) is 19.8 Å². The molecule has 2 aromatic rings. The normalized spacial score (nSPS) is 20.6. The second kappa shape index (κ2) is 10.3. The van der Waals surface area contributed by atoms with Crippen molar-refractivity contribution in [1.82, 2.24) is 15.1 Å². The molecule has 3 aliphatic rings. The summed E-state index contributed by atoms with van der Waals surface area (Å²) >= 11 is 0. The monoisotopic (exact) mass is 513 g/mol. The van der Waals surface area contributed by atoms with Gasteiger partial charge in [0, 0.05) is 35.4 Å². The van der Waals surface area contributed by atoms with Crippen molar-refractivity contribution in [1.29, 1.82) is 0 Å². The van der Waals surface area contributed by atoms with Crippen LogP contribution in [0.5, 0.6) is 5.75 Å². The van der Waals surface area contributed by atoms with E-state index in [1.165, 1.54) is 21.9 Å². The molecule has 2 atom stereocenters. The van der Waals surface area contributed by atoms with Crippen molar-refractivity contribution in [3.8, 4) is 5.75 Å². The van der Waals surface area contributed by atoms with Gasteiger partial charge in [-0.2, -0.15) is 0 Å². The fourth-order valence-electron chi connectivity index (χ4n) is 5.22. The van der Waals surface area contributed by atoms with Gasteiger partial charge >= 0.3 is 0 Å². The largest absolute Gasteiger partial charge is 0.502 e. The van der Waals surface area contributed by atoms with E-state index in [0.29, 0.717) is 29.8 Å². The van der Waals surface area contributed by atoms with Crippen LogP contribution in [-0.4, -0.2) is 98.5 Å². The number of nitrogens with one attached hydrogen (secondary N) is 1. The predicted octanol–water partition coefficient (Wildman–Crippen LogP) is -2.41. The summed E-state index contributed by atoms with van der Waals surface area (Å²) in [6.45, 7) is 0.662. The smallest absolute Gasteiger partial charge is 0.255 e. The zero-order valence-electron chi connectivity index (χ0n) is 21.0. The molecular formula is C25H20B5N3O6. The Morgan fingerprint density at radius 3 is 2.49 bits per heavy atom. The lowest BCUT2D eigenvalue weighted by molar-refractivity contribution is -0.143. The van der Waals surface area contributed by atoms with Crippen molar-refractivity contribution in [2.24, 2.45) is 0 Å². The number of carbonyl (C=O) groups excluding carboxylic acids is 4. The van der Waals surface area contributed by atoms with E-state index < -0.39 is 23.3 Å². The summed E-state index contributed by atoms with van der Waals surface area (Å²) in [4.78, 5) is 52.1. The molecule has 2 fully saturated rings. The third kappa shape index (κ3) is 5.02. The minimum absolute atomic E-state index is 0.0546. The minimum Gasteiger partial charge on any atom is -0.502 e. The van der Waals surface area contributed by atoms with Crippen molar-refractivity contribution < 1.29 is 28.7 Å². The molecular weight excluding hydrogens is 492 g/mol. The lowest BCUT2D eigenvalue weighted by atomic mass is 9.55. The number of benzene rings is 2. The molecule has 1 N–H and O–H groups in total. The summed E-state index contributed by atoms with van der Waals surface area (Å²) in [5.74, 6) is -2.14. The number of fused-ring (bicyclic) bond motifs is 1. The van der Waals surface area contributed by atoms with Crippen LogP contribution in [0.3, 0.4) is 0 Å². The Hall–Kier alpha value is -3.40. The number of piperidine rings is 1. The average Bonchev–Trinajstić information content (AvgIpc) is 3.20. The highest BCUT2D eigenvalue weighted by atomic mass is 16.5. The van der Waals surface area contributed by atoms with Gasteiger partial charge < -0.3 is 19.3 Å². The Morgan fingerprint density at radius 2 is 1.82 bits per heavy atom. The van der Waals surface area contributed by atoms with Crippen LogP contribution in [0, 0.1) is 0 Å². The van der Waals surface area contributed by atoms with Crippen molar-refractivity contribution >= 4 is 73.8 Å². The third-order valence-electron chi connectivity index (χ3n) is 7.13. The first-order valence-electron chi connectivity index (χ1n) is 12.3. The number of nitrogens with zero attached hydrogens (tertiary/aromatic N) is 2. The predicted molar refractivity (Wildman–Crippen MR) is 145 cm³/mol. The number of rotatable bonds is 6. The number of imide groups is 1. The Labute approximate surface area is 232 Å². The van der Waals surface area contributed by atoms with Crippen LogP contribution in [0.2, 0.25) is 0 Å². The van der Waals surface area contributed by atoms with Gasteiger partial charge in [0.1, 0.15) is 57.6 Å². The molecule has 10 radical (unpaired) electrons. The van der Waals surface area contributed by atoms with E-state index >= 15 is 0 Å². The van der Waals surface area contributed by atoms with Crippen LogP contribution < -0.4 is 21.0 Å². The highest BCUT2D eigenvalue weighted by Crippen LogP contribution is 2.35. The standard InChI is InChI=1S/C25H20B5N3O6/c26-15-8-12(22(28)32-6-7-38-11-20(32)35)9-16(27)21(15)25(29,30)39-18-3-1-2-13-14(18)10-33(24(13)37)17-4-5-19(34)31-23(17)36/h1-3,8-9,17,22H,4-7,10-11H2,(H,31,34,36). The van der Waals surface area contributed by atoms with Gasteiger partial charge in [0.2, 0.25) is 17.7 Å². The van der Waals surface area contributed by atoms with E-state index in [2.05, 4.69) is 5.32 Å². The molecule has 2 unspecified atom stereocenters. The van der Waals surface area contributed by atoms with Crippen LogP contribution in [0.1, 0.15) is 45.8 Å². The van der Waals surface area contributed by atoms with Crippen molar-refractivity contribution in [3.05, 3.63) is 52.6 Å². The summed E-state index contributed by atoms with van der Waals surface area (Å²) in [7, 11) is 31.7. The first-order chi connectivity index (χ1) is 18.5. The Bertz CT molecular complexity index is 1360. The number of hydrogen-bond donors (Lipinski definition) is 1. The first kappa shape index (κ1) is 27.2. The van der Waals surface area contributed by atoms with Crippen molar-refractivity contribution in [3.63, 3.8) is 0 Å². The second-order valence-corrected chi connectivity index (χ2v) is 9.74. The van der Waals surface area contributed by atoms with Crippen LogP contribution in [0.25, 0.3) is 0 Å². The molecule has 39 heavy (non-hydrogen) atoms. The molecule has 4 amide bonds. The molecule has 0 bridgehead atoms. The molecule has 0 aliphatic carbocycles. The highest BCUT2D eigenvalue weighted by Gasteiger charge is 2.41. The van der Waals surface area contributed by atoms with Gasteiger partial charge in [0.25, 0.3) is 5.91 Å². The van der Waals surface area contributed by atoms with Gasteiger partial charge in [-0.3, -0.25) is 24.5 Å². The van der Waals surface area contributed by atoms with E-state index in [1.807, 2.05) is 0 Å². The maximum absolute atomic E-state index is 13.1. The molecule has 186 valence electrons. The summed E-state index contributed by atoms with van der Waals surface area (Å²) in [5.41, 5.74) is 1.57. The second-order valence-electron chi connectivity index (χ2n) is 9.74. The summed E-state index contributed by atoms with van der Waals surface area (Å²) in [6.07, 6.45) is 0.350. The fraction of sp³-hybridized carbons (Fsp3) is 0.360. The summed E-state index contributed by atoms with van der Waals surface area (Å²) in [6, 6.07) is 7.06. The quantitative estimate of drug-likeness (QED) is 0.342. The first-order valence-corrected chi connectivity index (χ1v) is 12.3. The van der Waals surface area contributed by atoms with Gasteiger partial charge in [-0.05, 0) is 29.7 Å². The van der Waals surface area contributed by atoms with E-state index in [0.717, 1.165) is 0 Å². The zero-order valence-corrected chi connectivity index (χ0v) is 21.0. The Balaban J connectivity index is 1.40. The SMILES string of the molecule is [B]c1cc(C([B])N2CCOCC2=O)cc([B])c1C([B])([B])Oc1cccc2c1CN(C1CCC(=O)NC1=O)C2=O. The van der Waals surface area contributed by atoms with Crippen LogP contribution >= 0.6 is 0 Å². The molecule has 0 saturated carbocycles. The Kier molecular flexibility index (Phi) is 7.18. The molecule has 5 rings (SSSR count). The maximum atomic E-state index is 13.1. The number of carbonyl (C=O) groups is 4. The molecule has 2 aromatic carbocycles. The van der Waals surface area contributed by atoms with E-state index in [4.69, 9.17) is 48.7 Å². The van der Waals surface area contributed by atoms with Crippen LogP contribution in [-0.2, 0) is 31.1 Å². The molecule has 0 aromatic heterocycles. The van der Waals surface area contributed by atoms with Gasteiger partial charge in [-0.1, -0.05) is 29.1 Å². The molecule has 14 heteroatoms. The highest BCUT2D eigenvalue weighted by molar-refractivity contribution is 6.47. The van der Waals surface area contributed by atoms with Crippen LogP contribution in [0.4, 0.5) is 0 Å². The van der Waals surface area contributed by atoms with E-state index in [9.17, 15) is 19.2 Å². The number of hydrogen-bond acceptors (Lipinski definition) is 6. The molecule has 0 spiro atoms. The maximum Gasteiger partial charge on any atom is 0.255 e. The van der Waals surface area contributed by atoms with Gasteiger partial charge in [0.15, 0.2) is 0 Å². The minimum atomic E-state index is -2.02. The van der Waals surface area contributed by atoms with Crippen molar-refractivity contribution in [2.45, 2.75) is 36.8 Å². The van der Waals surface area contributed by atoms with E-state index in [1.54, 1.807) is 18.2 Å². The number of morpholine rings is 1. The molecule has 2 saturated heterocycles. The lowest BCUT2D eigenvalue weighted by Crippen LogP contribution is -2.52. The lowest BCUT2D eigenvalue weighted by Gasteiger charge is -2.36. The topological polar surface area (TPSA) is 105 Å². The van der Waals surface area contributed by atoms with Gasteiger partial charge in [-0.15, -0.1) is 0 Å². The number of ether oxygens (including phenoxy) is 2. The summed E-state index contributed by atoms with van der Waals surface area (Å²) < 4.78 is 11.2. The number of amides is 4. The Morgan fingerprint density at radius 1 is 1.10 bits per heavy atom. The molecule has 3 aliphatic heterocycles. The van der Waals surface area contributed by atoms with Gasteiger partial charge in [0.05, 0.1) is 13.2 Å². The average molecular weight is 513 g/mol. The third-order valence-corrected chi connectivity index (χ3v) is 7.13. The summed E-state index contributed by atoms with van der Waals surface area (Å²) in [5, 5.41) is 0.246. The molecule has 9 nitrogen and oxygen atoms in total.